The number of rotatable bonds is 6. The number of amides is 2. The van der Waals surface area contributed by atoms with E-state index in [1.807, 2.05) is 11.0 Å². The smallest absolute Gasteiger partial charge is 0.322 e. The molecule has 0 unspecified atom stereocenters. The van der Waals surface area contributed by atoms with Crippen molar-refractivity contribution in [3.05, 3.63) is 69.0 Å². The molecule has 2 atom stereocenters. The van der Waals surface area contributed by atoms with Gasteiger partial charge in [0, 0.05) is 71.9 Å². The molecule has 0 spiro atoms. The van der Waals surface area contributed by atoms with Crippen molar-refractivity contribution < 1.29 is 30.8 Å². The fraction of sp³-hybridized carbons (Fsp3) is 0.500. The highest BCUT2D eigenvalue weighted by atomic mass is 35.5. The van der Waals surface area contributed by atoms with Crippen LogP contribution in [0.2, 0.25) is 10.0 Å². The van der Waals surface area contributed by atoms with Gasteiger partial charge in [0.1, 0.15) is 5.82 Å². The third-order valence-corrected chi connectivity index (χ3v) is 10.2. The van der Waals surface area contributed by atoms with Crippen LogP contribution in [0, 0.1) is 5.82 Å². The van der Waals surface area contributed by atoms with Crippen molar-refractivity contribution in [2.75, 3.05) is 60.4 Å². The molecule has 4 rings (SSSR count). The molecule has 8 nitrogen and oxygen atoms in total. The minimum absolute atomic E-state index is 0.140. The number of urea groups is 1. The van der Waals surface area contributed by atoms with E-state index in [-0.39, 0.29) is 50.7 Å². The van der Waals surface area contributed by atoms with Gasteiger partial charge in [0.2, 0.25) is 0 Å². The molecule has 226 valence electrons. The van der Waals surface area contributed by atoms with Gasteiger partial charge >= 0.3 is 12.2 Å². The predicted octanol–water partition coefficient (Wildman–Crippen LogP) is 4.60. The Morgan fingerprint density at radius 3 is 2.17 bits per heavy atom. The van der Waals surface area contributed by atoms with Gasteiger partial charge < -0.3 is 9.80 Å². The number of hydrogen-bond acceptors (Lipinski definition) is 4. The Bertz CT molecular complexity index is 1390. The number of nitrogens with zero attached hydrogens (tertiary/aromatic N) is 5. The molecule has 2 aliphatic rings. The van der Waals surface area contributed by atoms with Crippen LogP contribution in [0.1, 0.15) is 22.6 Å². The molecule has 2 aliphatic heterocycles. The monoisotopic (exact) mass is 639 g/mol. The van der Waals surface area contributed by atoms with Gasteiger partial charge in [0.15, 0.2) is 0 Å². The fourth-order valence-electron chi connectivity index (χ4n) is 5.29. The summed E-state index contributed by atoms with van der Waals surface area (Å²) in [6, 6.07) is 7.54. The zero-order chi connectivity index (χ0) is 30.3. The van der Waals surface area contributed by atoms with Gasteiger partial charge in [-0.3, -0.25) is 4.90 Å². The first-order valence-electron chi connectivity index (χ1n) is 12.8. The third kappa shape index (κ3) is 6.91. The second-order valence-electron chi connectivity index (χ2n) is 10.4. The lowest BCUT2D eigenvalue weighted by atomic mass is 9.93. The molecule has 0 aromatic heterocycles. The molecule has 41 heavy (non-hydrogen) atoms. The predicted molar refractivity (Wildman–Crippen MR) is 149 cm³/mol. The van der Waals surface area contributed by atoms with Crippen LogP contribution < -0.4 is 0 Å². The third-order valence-electron chi connectivity index (χ3n) is 7.57. The molecule has 0 bridgehead atoms. The van der Waals surface area contributed by atoms with Crippen LogP contribution in [0.4, 0.5) is 22.4 Å². The highest BCUT2D eigenvalue weighted by Gasteiger charge is 2.41. The fourth-order valence-corrected chi connectivity index (χ4v) is 6.69. The number of carbonyl (C=O) groups is 1. The van der Waals surface area contributed by atoms with Gasteiger partial charge in [0.05, 0.1) is 15.6 Å². The number of hydrogen-bond donors (Lipinski definition) is 0. The van der Waals surface area contributed by atoms with Crippen LogP contribution in [0.3, 0.4) is 0 Å². The van der Waals surface area contributed by atoms with Crippen LogP contribution in [0.25, 0.3) is 0 Å². The van der Waals surface area contributed by atoms with Crippen molar-refractivity contribution in [3.8, 4) is 0 Å². The number of carbonyl (C=O) groups excluding carboxylic acids is 1. The number of likely N-dealkylation sites (tertiary alicyclic amines) is 1. The summed E-state index contributed by atoms with van der Waals surface area (Å²) < 4.78 is 80.7. The highest BCUT2D eigenvalue weighted by Crippen LogP contribution is 2.36. The van der Waals surface area contributed by atoms with Gasteiger partial charge in [-0.2, -0.15) is 30.2 Å². The van der Waals surface area contributed by atoms with Gasteiger partial charge in [-0.05, 0) is 42.4 Å². The zero-order valence-corrected chi connectivity index (χ0v) is 25.0. The summed E-state index contributed by atoms with van der Waals surface area (Å²) in [6.45, 7) is 1.54. The summed E-state index contributed by atoms with van der Waals surface area (Å²) in [5.74, 6) is -1.57. The van der Waals surface area contributed by atoms with E-state index >= 15 is 0 Å². The number of halogens is 6. The number of likely N-dealkylation sites (N-methyl/N-ethyl adjacent to an activating group) is 1. The van der Waals surface area contributed by atoms with E-state index in [9.17, 15) is 30.8 Å². The topological polar surface area (TPSA) is 67.4 Å². The summed E-state index contributed by atoms with van der Waals surface area (Å²) in [5, 5.41) is 0.718. The van der Waals surface area contributed by atoms with Crippen LogP contribution >= 0.6 is 23.2 Å². The van der Waals surface area contributed by atoms with Crippen molar-refractivity contribution >= 4 is 39.4 Å². The summed E-state index contributed by atoms with van der Waals surface area (Å²) in [7, 11) is 1.09. The molecule has 0 aliphatic carbocycles. The maximum Gasteiger partial charge on any atom is 0.419 e. The normalized spacial score (nSPS) is 20.9. The van der Waals surface area contributed by atoms with Crippen molar-refractivity contribution in [2.45, 2.75) is 24.7 Å². The second kappa shape index (κ2) is 12.2. The van der Waals surface area contributed by atoms with E-state index in [4.69, 9.17) is 23.2 Å². The van der Waals surface area contributed by atoms with Gasteiger partial charge in [-0.25, -0.2) is 9.18 Å². The van der Waals surface area contributed by atoms with Crippen LogP contribution in [0.5, 0.6) is 0 Å². The van der Waals surface area contributed by atoms with Gasteiger partial charge in [-0.15, -0.1) is 0 Å². The lowest BCUT2D eigenvalue weighted by molar-refractivity contribution is -0.140. The molecular formula is C26H31Cl2F4N5O3S. The standard InChI is InChI=1S/C26H31Cl2F4N5O3S/c1-33(2)41(39,40)37-10-8-35(9-11-37)25(38)36-15-19(18-5-7-21(27)22(28)13-18)24(16-36)34(3)14-17-4-6-20(23(29)12-17)26(30,31)32/h4-7,12-13,19,24H,8-11,14-16H2,1-3H3/t19-,24+/m1/s1. The van der Waals surface area contributed by atoms with Crippen molar-refractivity contribution in [1.29, 1.82) is 0 Å². The Morgan fingerprint density at radius 2 is 1.61 bits per heavy atom. The molecule has 2 fully saturated rings. The highest BCUT2D eigenvalue weighted by molar-refractivity contribution is 7.86. The van der Waals surface area contributed by atoms with E-state index in [0.717, 1.165) is 22.0 Å². The first-order chi connectivity index (χ1) is 19.1. The Hall–Kier alpha value is -2.16. The quantitative estimate of drug-likeness (QED) is 0.434. The van der Waals surface area contributed by atoms with Gasteiger partial charge in [0.25, 0.3) is 10.2 Å². The van der Waals surface area contributed by atoms with Crippen molar-refractivity contribution in [2.24, 2.45) is 0 Å². The molecule has 2 aromatic carbocycles. The minimum atomic E-state index is -4.79. The van der Waals surface area contributed by atoms with Gasteiger partial charge in [-0.1, -0.05) is 35.3 Å². The maximum absolute atomic E-state index is 14.2. The summed E-state index contributed by atoms with van der Waals surface area (Å²) in [6.07, 6.45) is -4.79. The van der Waals surface area contributed by atoms with E-state index in [2.05, 4.69) is 0 Å². The van der Waals surface area contributed by atoms with Crippen LogP contribution in [-0.4, -0.2) is 104 Å². The Balaban J connectivity index is 1.53. The molecule has 15 heteroatoms. The number of piperazine rings is 1. The lowest BCUT2D eigenvalue weighted by Gasteiger charge is -2.37. The molecular weight excluding hydrogens is 609 g/mol. The number of benzene rings is 2. The molecule has 0 N–H and O–H groups in total. The van der Waals surface area contributed by atoms with E-state index in [1.54, 1.807) is 29.0 Å². The molecule has 2 aromatic rings. The Labute approximate surface area is 247 Å². The summed E-state index contributed by atoms with van der Waals surface area (Å²) in [4.78, 5) is 18.7. The SMILES string of the molecule is CN(Cc1ccc(C(F)(F)F)c(F)c1)[C@H]1CN(C(=O)N2CCN(S(=O)(=O)N(C)C)CC2)C[C@@H]1c1ccc(Cl)c(Cl)c1. The molecule has 0 radical (unpaired) electrons. The van der Waals surface area contributed by atoms with Crippen molar-refractivity contribution in [1.82, 2.24) is 23.3 Å². The van der Waals surface area contributed by atoms with E-state index in [1.165, 1.54) is 24.5 Å². The van der Waals surface area contributed by atoms with Crippen molar-refractivity contribution in [3.63, 3.8) is 0 Å². The van der Waals surface area contributed by atoms with Crippen LogP contribution in [0.15, 0.2) is 36.4 Å². The lowest BCUT2D eigenvalue weighted by Crippen LogP contribution is -2.55. The first kappa shape index (κ1) is 31.8. The molecule has 2 amide bonds. The zero-order valence-electron chi connectivity index (χ0n) is 22.7. The summed E-state index contributed by atoms with van der Waals surface area (Å²) in [5.41, 5.74) is -0.144. The Kier molecular flexibility index (Phi) is 9.46. The largest absolute Gasteiger partial charge is 0.419 e. The molecule has 2 saturated heterocycles. The first-order valence-corrected chi connectivity index (χ1v) is 15.0. The molecule has 0 saturated carbocycles. The average molecular weight is 641 g/mol. The average Bonchev–Trinajstić information content (AvgIpc) is 3.35. The maximum atomic E-state index is 14.2. The summed E-state index contributed by atoms with van der Waals surface area (Å²) >= 11 is 12.4. The van der Waals surface area contributed by atoms with Crippen LogP contribution in [-0.2, 0) is 22.9 Å². The van der Waals surface area contributed by atoms with E-state index in [0.29, 0.717) is 28.7 Å². The minimum Gasteiger partial charge on any atom is -0.322 e. The number of alkyl halides is 3. The molecule has 2 heterocycles. The van der Waals surface area contributed by atoms with E-state index < -0.39 is 27.8 Å². The Morgan fingerprint density at radius 1 is 0.951 bits per heavy atom. The second-order valence-corrected chi connectivity index (χ2v) is 13.4.